The van der Waals surface area contributed by atoms with Crippen LogP contribution in [0.3, 0.4) is 0 Å². The SMILES string of the molecule is CN=C(NCCc1c[nH]c2ccc(F)cc12)NC(C)c1ccc(F)c(F)c1.I. The van der Waals surface area contributed by atoms with Crippen molar-refractivity contribution in [3.8, 4) is 0 Å². The molecule has 3 N–H and O–H groups in total. The molecular formula is C20H22F3IN4. The van der Waals surface area contributed by atoms with Crippen molar-refractivity contribution in [1.82, 2.24) is 15.6 Å². The van der Waals surface area contributed by atoms with Crippen LogP contribution in [0.4, 0.5) is 13.2 Å². The van der Waals surface area contributed by atoms with Crippen molar-refractivity contribution < 1.29 is 13.2 Å². The molecule has 0 aliphatic heterocycles. The van der Waals surface area contributed by atoms with Gasteiger partial charge in [0.05, 0.1) is 6.04 Å². The van der Waals surface area contributed by atoms with Gasteiger partial charge >= 0.3 is 0 Å². The van der Waals surface area contributed by atoms with Gasteiger partial charge in [0, 0.05) is 30.7 Å². The lowest BCUT2D eigenvalue weighted by Gasteiger charge is -2.18. The van der Waals surface area contributed by atoms with Crippen LogP contribution in [-0.4, -0.2) is 24.5 Å². The summed E-state index contributed by atoms with van der Waals surface area (Å²) in [4.78, 5) is 7.27. The van der Waals surface area contributed by atoms with Crippen molar-refractivity contribution in [2.45, 2.75) is 19.4 Å². The lowest BCUT2D eigenvalue weighted by atomic mass is 10.1. The molecule has 28 heavy (non-hydrogen) atoms. The van der Waals surface area contributed by atoms with Gasteiger partial charge in [0.2, 0.25) is 0 Å². The molecule has 3 aromatic rings. The van der Waals surface area contributed by atoms with E-state index in [1.807, 2.05) is 13.1 Å². The van der Waals surface area contributed by atoms with E-state index in [0.29, 0.717) is 24.5 Å². The van der Waals surface area contributed by atoms with Gasteiger partial charge in [-0.1, -0.05) is 6.07 Å². The normalized spacial score (nSPS) is 12.5. The van der Waals surface area contributed by atoms with Crippen molar-refractivity contribution >= 4 is 40.8 Å². The van der Waals surface area contributed by atoms with Crippen molar-refractivity contribution in [2.24, 2.45) is 4.99 Å². The molecule has 0 bridgehead atoms. The number of benzene rings is 2. The predicted molar refractivity (Wildman–Crippen MR) is 117 cm³/mol. The quantitative estimate of drug-likeness (QED) is 0.270. The first kappa shape index (κ1) is 22.1. The average Bonchev–Trinajstić information content (AvgIpc) is 3.05. The van der Waals surface area contributed by atoms with E-state index < -0.39 is 11.6 Å². The first-order valence-corrected chi connectivity index (χ1v) is 8.65. The van der Waals surface area contributed by atoms with Crippen LogP contribution in [0, 0.1) is 17.5 Å². The largest absolute Gasteiger partial charge is 0.361 e. The molecule has 0 saturated heterocycles. The molecule has 0 spiro atoms. The molecule has 0 radical (unpaired) electrons. The molecule has 1 unspecified atom stereocenters. The Morgan fingerprint density at radius 2 is 1.89 bits per heavy atom. The van der Waals surface area contributed by atoms with Gasteiger partial charge in [-0.05, 0) is 54.8 Å². The van der Waals surface area contributed by atoms with Gasteiger partial charge in [-0.3, -0.25) is 4.99 Å². The number of H-pyrrole nitrogens is 1. The number of aromatic amines is 1. The van der Waals surface area contributed by atoms with Crippen LogP contribution in [0.15, 0.2) is 47.6 Å². The summed E-state index contributed by atoms with van der Waals surface area (Å²) in [6.07, 6.45) is 2.54. The van der Waals surface area contributed by atoms with Crippen molar-refractivity contribution in [1.29, 1.82) is 0 Å². The van der Waals surface area contributed by atoms with E-state index in [2.05, 4.69) is 20.6 Å². The van der Waals surface area contributed by atoms with Crippen molar-refractivity contribution in [3.05, 3.63) is 71.2 Å². The van der Waals surface area contributed by atoms with Gasteiger partial charge in [-0.15, -0.1) is 24.0 Å². The van der Waals surface area contributed by atoms with Crippen LogP contribution in [0.5, 0.6) is 0 Å². The zero-order valence-electron chi connectivity index (χ0n) is 15.5. The number of nitrogens with zero attached hydrogens (tertiary/aromatic N) is 1. The third-order valence-electron chi connectivity index (χ3n) is 4.44. The number of nitrogens with one attached hydrogen (secondary N) is 3. The minimum atomic E-state index is -0.879. The molecule has 0 aliphatic carbocycles. The zero-order chi connectivity index (χ0) is 19.4. The maximum absolute atomic E-state index is 13.4. The van der Waals surface area contributed by atoms with Gasteiger partial charge in [0.15, 0.2) is 17.6 Å². The van der Waals surface area contributed by atoms with Crippen LogP contribution >= 0.6 is 24.0 Å². The molecule has 0 saturated carbocycles. The fourth-order valence-electron chi connectivity index (χ4n) is 2.94. The predicted octanol–water partition coefficient (Wildman–Crippen LogP) is 4.67. The average molecular weight is 502 g/mol. The Morgan fingerprint density at radius 3 is 2.61 bits per heavy atom. The summed E-state index contributed by atoms with van der Waals surface area (Å²) in [6, 6.07) is 8.20. The molecule has 4 nitrogen and oxygen atoms in total. The molecule has 0 amide bonds. The highest BCUT2D eigenvalue weighted by atomic mass is 127. The molecule has 2 aromatic carbocycles. The molecule has 1 heterocycles. The van der Waals surface area contributed by atoms with Crippen LogP contribution in [0.25, 0.3) is 10.9 Å². The number of guanidine groups is 1. The molecule has 0 fully saturated rings. The summed E-state index contributed by atoms with van der Waals surface area (Å²) >= 11 is 0. The Bertz CT molecular complexity index is 971. The number of hydrogen-bond acceptors (Lipinski definition) is 1. The van der Waals surface area contributed by atoms with E-state index in [4.69, 9.17) is 0 Å². The molecule has 150 valence electrons. The summed E-state index contributed by atoms with van der Waals surface area (Å²) in [5.74, 6) is -1.48. The van der Waals surface area contributed by atoms with Crippen LogP contribution in [0.1, 0.15) is 24.1 Å². The summed E-state index contributed by atoms with van der Waals surface area (Å²) in [5.41, 5.74) is 2.51. The smallest absolute Gasteiger partial charge is 0.191 e. The van der Waals surface area contributed by atoms with Gasteiger partial charge in [0.25, 0.3) is 0 Å². The number of rotatable bonds is 5. The summed E-state index contributed by atoms with van der Waals surface area (Å²) in [5, 5.41) is 7.17. The molecular weight excluding hydrogens is 480 g/mol. The monoisotopic (exact) mass is 502 g/mol. The summed E-state index contributed by atoms with van der Waals surface area (Å²) in [6.45, 7) is 2.41. The van der Waals surface area contributed by atoms with Gasteiger partial charge in [-0.2, -0.15) is 0 Å². The van der Waals surface area contributed by atoms with Gasteiger partial charge in [0.1, 0.15) is 5.82 Å². The number of hydrogen-bond donors (Lipinski definition) is 3. The molecule has 3 rings (SSSR count). The van der Waals surface area contributed by atoms with E-state index >= 15 is 0 Å². The van der Waals surface area contributed by atoms with E-state index in [0.717, 1.165) is 22.5 Å². The fraction of sp³-hybridized carbons (Fsp3) is 0.250. The van der Waals surface area contributed by atoms with E-state index in [1.54, 1.807) is 13.1 Å². The molecule has 1 atom stereocenters. The first-order valence-electron chi connectivity index (χ1n) is 8.65. The van der Waals surface area contributed by atoms with Crippen molar-refractivity contribution in [2.75, 3.05) is 13.6 Å². The van der Waals surface area contributed by atoms with Crippen LogP contribution in [-0.2, 0) is 6.42 Å². The fourth-order valence-corrected chi connectivity index (χ4v) is 2.94. The Labute approximate surface area is 178 Å². The standard InChI is InChI=1S/C20H21F3N4.HI/c1-12(13-3-5-17(22)18(23)9-13)27-20(24-2)25-8-7-14-11-26-19-6-4-15(21)10-16(14)19;/h3-6,9-12,26H,7-8H2,1-2H3,(H2,24,25,27);1H. The highest BCUT2D eigenvalue weighted by Gasteiger charge is 2.11. The van der Waals surface area contributed by atoms with E-state index in [-0.39, 0.29) is 35.8 Å². The third kappa shape index (κ3) is 5.18. The maximum atomic E-state index is 13.4. The van der Waals surface area contributed by atoms with Crippen molar-refractivity contribution in [3.63, 3.8) is 0 Å². The van der Waals surface area contributed by atoms with E-state index in [1.165, 1.54) is 24.3 Å². The van der Waals surface area contributed by atoms with Gasteiger partial charge in [-0.25, -0.2) is 13.2 Å². The Hall–Kier alpha value is -2.23. The second-order valence-electron chi connectivity index (χ2n) is 6.29. The van der Waals surface area contributed by atoms with Crippen LogP contribution in [0.2, 0.25) is 0 Å². The minimum absolute atomic E-state index is 0. The number of aliphatic imine (C=N–C) groups is 1. The Kier molecular flexibility index (Phi) is 7.73. The second kappa shape index (κ2) is 9.81. The van der Waals surface area contributed by atoms with Crippen LogP contribution < -0.4 is 10.6 Å². The topological polar surface area (TPSA) is 52.2 Å². The second-order valence-corrected chi connectivity index (χ2v) is 6.29. The summed E-state index contributed by atoms with van der Waals surface area (Å²) < 4.78 is 39.9. The Morgan fingerprint density at radius 1 is 1.11 bits per heavy atom. The Balaban J connectivity index is 0.00000280. The minimum Gasteiger partial charge on any atom is -0.361 e. The van der Waals surface area contributed by atoms with E-state index in [9.17, 15) is 13.2 Å². The lowest BCUT2D eigenvalue weighted by molar-refractivity contribution is 0.504. The first-order chi connectivity index (χ1) is 13.0. The molecule has 0 aliphatic rings. The zero-order valence-corrected chi connectivity index (χ0v) is 17.9. The number of halogens is 4. The number of aromatic nitrogens is 1. The third-order valence-corrected chi connectivity index (χ3v) is 4.44. The highest BCUT2D eigenvalue weighted by molar-refractivity contribution is 14.0. The van der Waals surface area contributed by atoms with Gasteiger partial charge < -0.3 is 15.6 Å². The maximum Gasteiger partial charge on any atom is 0.191 e. The lowest BCUT2D eigenvalue weighted by Crippen LogP contribution is -2.39. The highest BCUT2D eigenvalue weighted by Crippen LogP contribution is 2.19. The number of fused-ring (bicyclic) bond motifs is 1. The molecule has 1 aromatic heterocycles. The molecule has 8 heteroatoms. The summed E-state index contributed by atoms with van der Waals surface area (Å²) in [7, 11) is 1.63.